The van der Waals surface area contributed by atoms with Gasteiger partial charge in [0.05, 0.1) is 11.0 Å². The monoisotopic (exact) mass is 231 g/mol. The van der Waals surface area contributed by atoms with Crippen molar-refractivity contribution in [3.63, 3.8) is 0 Å². The molecule has 1 aromatic carbocycles. The van der Waals surface area contributed by atoms with E-state index in [4.69, 9.17) is 5.73 Å². The Bertz CT molecular complexity index is 487. The van der Waals surface area contributed by atoms with Crippen molar-refractivity contribution in [2.75, 3.05) is 6.54 Å². The number of rotatable bonds is 5. The zero-order valence-corrected chi connectivity index (χ0v) is 10.7. The number of para-hydroxylation sites is 2. The molecule has 1 heterocycles. The molecule has 2 N–H and O–H groups in total. The van der Waals surface area contributed by atoms with E-state index < -0.39 is 0 Å². The second kappa shape index (κ2) is 5.32. The summed E-state index contributed by atoms with van der Waals surface area (Å²) in [6.45, 7) is 6.20. The maximum Gasteiger partial charge on any atom is 0.111 e. The van der Waals surface area contributed by atoms with Gasteiger partial charge >= 0.3 is 0 Å². The highest BCUT2D eigenvalue weighted by molar-refractivity contribution is 5.75. The lowest BCUT2D eigenvalue weighted by molar-refractivity contribution is 0.465. The van der Waals surface area contributed by atoms with Gasteiger partial charge in [-0.15, -0.1) is 0 Å². The summed E-state index contributed by atoms with van der Waals surface area (Å²) in [6.07, 6.45) is 2.04. The Balaban J connectivity index is 2.44. The third kappa shape index (κ3) is 2.50. The van der Waals surface area contributed by atoms with Crippen molar-refractivity contribution in [2.24, 2.45) is 11.7 Å². The number of aromatic nitrogens is 2. The number of fused-ring (bicyclic) bond motifs is 1. The molecule has 0 saturated heterocycles. The van der Waals surface area contributed by atoms with Crippen LogP contribution < -0.4 is 5.73 Å². The molecule has 17 heavy (non-hydrogen) atoms. The molecule has 0 aliphatic heterocycles. The van der Waals surface area contributed by atoms with E-state index in [0.717, 1.165) is 24.3 Å². The first-order valence-electron chi connectivity index (χ1n) is 6.40. The Hall–Kier alpha value is -1.35. The summed E-state index contributed by atoms with van der Waals surface area (Å²) in [5, 5.41) is 0. The van der Waals surface area contributed by atoms with Crippen LogP contribution in [0, 0.1) is 5.92 Å². The van der Waals surface area contributed by atoms with E-state index in [1.807, 2.05) is 6.07 Å². The molecule has 0 fully saturated rings. The molecule has 3 heteroatoms. The Kier molecular flexibility index (Phi) is 3.79. The van der Waals surface area contributed by atoms with E-state index in [-0.39, 0.29) is 0 Å². The average Bonchev–Trinajstić information content (AvgIpc) is 2.68. The lowest BCUT2D eigenvalue weighted by Crippen LogP contribution is -2.13. The number of imidazole rings is 1. The van der Waals surface area contributed by atoms with Gasteiger partial charge in [-0.3, -0.25) is 0 Å². The molecule has 0 amide bonds. The predicted molar refractivity (Wildman–Crippen MR) is 71.9 cm³/mol. The van der Waals surface area contributed by atoms with E-state index >= 15 is 0 Å². The SMILES string of the molecule is CCC(C)Cn1c(CCN)nc2ccccc21. The van der Waals surface area contributed by atoms with Gasteiger partial charge in [0.1, 0.15) is 5.82 Å². The van der Waals surface area contributed by atoms with Crippen LogP contribution in [0.2, 0.25) is 0 Å². The summed E-state index contributed by atoms with van der Waals surface area (Å²) in [5.74, 6) is 1.79. The summed E-state index contributed by atoms with van der Waals surface area (Å²) >= 11 is 0. The first kappa shape index (κ1) is 12.1. The molecule has 0 bridgehead atoms. The summed E-state index contributed by atoms with van der Waals surface area (Å²) in [7, 11) is 0. The van der Waals surface area contributed by atoms with Gasteiger partial charge < -0.3 is 10.3 Å². The molecule has 1 unspecified atom stereocenters. The fourth-order valence-electron chi connectivity index (χ4n) is 2.09. The molecule has 0 aliphatic rings. The Morgan fingerprint density at radius 1 is 1.35 bits per heavy atom. The molecule has 2 aromatic rings. The molecule has 0 saturated carbocycles. The van der Waals surface area contributed by atoms with Gasteiger partial charge in [0.25, 0.3) is 0 Å². The average molecular weight is 231 g/mol. The van der Waals surface area contributed by atoms with Gasteiger partial charge in [0, 0.05) is 13.0 Å². The fourth-order valence-corrected chi connectivity index (χ4v) is 2.09. The highest BCUT2D eigenvalue weighted by atomic mass is 15.1. The topological polar surface area (TPSA) is 43.8 Å². The van der Waals surface area contributed by atoms with Crippen molar-refractivity contribution in [2.45, 2.75) is 33.2 Å². The lowest BCUT2D eigenvalue weighted by atomic mass is 10.1. The van der Waals surface area contributed by atoms with Crippen LogP contribution in [0.3, 0.4) is 0 Å². The zero-order valence-electron chi connectivity index (χ0n) is 10.7. The number of hydrogen-bond acceptors (Lipinski definition) is 2. The van der Waals surface area contributed by atoms with Crippen molar-refractivity contribution in [1.82, 2.24) is 9.55 Å². The van der Waals surface area contributed by atoms with Crippen LogP contribution in [-0.2, 0) is 13.0 Å². The Morgan fingerprint density at radius 2 is 2.12 bits per heavy atom. The summed E-state index contributed by atoms with van der Waals surface area (Å²) in [5.41, 5.74) is 7.98. The minimum atomic E-state index is 0.657. The molecule has 0 aliphatic carbocycles. The smallest absolute Gasteiger partial charge is 0.111 e. The van der Waals surface area contributed by atoms with Crippen LogP contribution >= 0.6 is 0 Å². The minimum absolute atomic E-state index is 0.657. The van der Waals surface area contributed by atoms with Crippen LogP contribution in [0.1, 0.15) is 26.1 Å². The molecule has 2 rings (SSSR count). The summed E-state index contributed by atoms with van der Waals surface area (Å²) in [6, 6.07) is 8.33. The third-order valence-corrected chi connectivity index (χ3v) is 3.29. The van der Waals surface area contributed by atoms with Crippen molar-refractivity contribution in [3.8, 4) is 0 Å². The normalized spacial score (nSPS) is 13.1. The number of nitrogens with two attached hydrogens (primary N) is 1. The van der Waals surface area contributed by atoms with Crippen LogP contribution in [-0.4, -0.2) is 16.1 Å². The number of benzene rings is 1. The van der Waals surface area contributed by atoms with Crippen molar-refractivity contribution >= 4 is 11.0 Å². The highest BCUT2D eigenvalue weighted by Gasteiger charge is 2.11. The molecule has 0 radical (unpaired) electrons. The first-order valence-corrected chi connectivity index (χ1v) is 6.40. The summed E-state index contributed by atoms with van der Waals surface area (Å²) in [4.78, 5) is 4.67. The number of hydrogen-bond donors (Lipinski definition) is 1. The minimum Gasteiger partial charge on any atom is -0.330 e. The van der Waals surface area contributed by atoms with E-state index in [2.05, 4.69) is 41.6 Å². The molecule has 1 atom stereocenters. The van der Waals surface area contributed by atoms with Gasteiger partial charge in [-0.2, -0.15) is 0 Å². The third-order valence-electron chi connectivity index (χ3n) is 3.29. The second-order valence-corrected chi connectivity index (χ2v) is 4.68. The molecule has 0 spiro atoms. The lowest BCUT2D eigenvalue weighted by Gasteiger charge is -2.13. The van der Waals surface area contributed by atoms with Crippen LogP contribution in [0.15, 0.2) is 24.3 Å². The first-order chi connectivity index (χ1) is 8.26. The van der Waals surface area contributed by atoms with E-state index in [1.54, 1.807) is 0 Å². The van der Waals surface area contributed by atoms with Crippen molar-refractivity contribution in [3.05, 3.63) is 30.1 Å². The van der Waals surface area contributed by atoms with Gasteiger partial charge in [-0.1, -0.05) is 32.4 Å². The van der Waals surface area contributed by atoms with Crippen molar-refractivity contribution < 1.29 is 0 Å². The molecule has 92 valence electrons. The Morgan fingerprint density at radius 3 is 2.82 bits per heavy atom. The Labute approximate surface area is 103 Å². The van der Waals surface area contributed by atoms with E-state index in [0.29, 0.717) is 12.5 Å². The summed E-state index contributed by atoms with van der Waals surface area (Å²) < 4.78 is 2.33. The van der Waals surface area contributed by atoms with Crippen molar-refractivity contribution in [1.29, 1.82) is 0 Å². The molecular formula is C14H21N3. The maximum atomic E-state index is 5.66. The van der Waals surface area contributed by atoms with E-state index in [1.165, 1.54) is 11.9 Å². The quantitative estimate of drug-likeness (QED) is 0.859. The van der Waals surface area contributed by atoms with Gasteiger partial charge in [0.15, 0.2) is 0 Å². The molecule has 3 nitrogen and oxygen atoms in total. The van der Waals surface area contributed by atoms with Crippen LogP contribution in [0.4, 0.5) is 0 Å². The standard InChI is InChI=1S/C14H21N3/c1-3-11(2)10-17-13-7-5-4-6-12(13)16-14(17)8-9-15/h4-7,11H,3,8-10,15H2,1-2H3. The van der Waals surface area contributed by atoms with Gasteiger partial charge in [-0.25, -0.2) is 4.98 Å². The molecular weight excluding hydrogens is 210 g/mol. The van der Waals surface area contributed by atoms with E-state index in [9.17, 15) is 0 Å². The highest BCUT2D eigenvalue weighted by Crippen LogP contribution is 2.18. The van der Waals surface area contributed by atoms with Gasteiger partial charge in [-0.05, 0) is 24.6 Å². The fraction of sp³-hybridized carbons (Fsp3) is 0.500. The number of nitrogens with zero attached hydrogens (tertiary/aromatic N) is 2. The predicted octanol–water partition coefficient (Wildman–Crippen LogP) is 2.58. The molecule has 1 aromatic heterocycles. The van der Waals surface area contributed by atoms with Gasteiger partial charge in [0.2, 0.25) is 0 Å². The largest absolute Gasteiger partial charge is 0.330 e. The van der Waals surface area contributed by atoms with Crippen LogP contribution in [0.25, 0.3) is 11.0 Å². The van der Waals surface area contributed by atoms with Crippen LogP contribution in [0.5, 0.6) is 0 Å². The maximum absolute atomic E-state index is 5.66. The zero-order chi connectivity index (χ0) is 12.3. The second-order valence-electron chi connectivity index (χ2n) is 4.68.